The van der Waals surface area contributed by atoms with Gasteiger partial charge in [0.05, 0.1) is 21.5 Å². The first-order valence-corrected chi connectivity index (χ1v) is 9.40. The summed E-state index contributed by atoms with van der Waals surface area (Å²) < 4.78 is 6.61. The second kappa shape index (κ2) is 7.07. The van der Waals surface area contributed by atoms with Crippen LogP contribution < -0.4 is 10.5 Å². The number of fused-ring (bicyclic) bond motifs is 1. The monoisotopic (exact) mass is 392 g/mol. The quantitative estimate of drug-likeness (QED) is 0.562. The van der Waals surface area contributed by atoms with Crippen LogP contribution in [0.5, 0.6) is 5.75 Å². The highest BCUT2D eigenvalue weighted by Crippen LogP contribution is 2.39. The van der Waals surface area contributed by atoms with Crippen LogP contribution in [0, 0.1) is 6.92 Å². The molecule has 0 amide bonds. The second-order valence-corrected chi connectivity index (χ2v) is 8.16. The third-order valence-corrected chi connectivity index (χ3v) is 5.76. The first-order chi connectivity index (χ1) is 11.1. The van der Waals surface area contributed by atoms with E-state index in [4.69, 9.17) is 10.5 Å². The Morgan fingerprint density at radius 1 is 1.26 bits per heavy atom. The third kappa shape index (κ3) is 3.32. The molecule has 2 heterocycles. The normalized spacial score (nSPS) is 11.3. The molecular formula is C18H21BrN2OS. The molecule has 0 spiro atoms. The highest BCUT2D eigenvalue weighted by atomic mass is 79.9. The number of rotatable bonds is 6. The van der Waals surface area contributed by atoms with Gasteiger partial charge in [-0.3, -0.25) is 0 Å². The number of hydrogen-bond donors (Lipinski definition) is 2. The number of ether oxygens (including phenoxy) is 1. The number of unbranched alkanes of at least 4 members (excludes halogenated alkanes) is 1. The third-order valence-electron chi connectivity index (χ3n) is 4.12. The molecule has 23 heavy (non-hydrogen) atoms. The van der Waals surface area contributed by atoms with E-state index >= 15 is 0 Å². The Hall–Kier alpha value is -1.30. The molecule has 1 aromatic carbocycles. The van der Waals surface area contributed by atoms with Gasteiger partial charge in [-0.1, -0.05) is 0 Å². The van der Waals surface area contributed by atoms with Gasteiger partial charge in [0.1, 0.15) is 5.75 Å². The number of thiophene rings is 1. The number of aryl methyl sites for hydroxylation is 2. The molecule has 0 unspecified atom stereocenters. The lowest BCUT2D eigenvalue weighted by atomic mass is 10.0. The summed E-state index contributed by atoms with van der Waals surface area (Å²) in [6, 6.07) is 8.49. The fourth-order valence-corrected chi connectivity index (χ4v) is 4.39. The van der Waals surface area contributed by atoms with Gasteiger partial charge >= 0.3 is 0 Å². The van der Waals surface area contributed by atoms with Crippen molar-refractivity contribution in [1.29, 1.82) is 0 Å². The molecule has 0 radical (unpaired) electrons. The zero-order chi connectivity index (χ0) is 16.4. The van der Waals surface area contributed by atoms with Crippen LogP contribution in [0.2, 0.25) is 0 Å². The van der Waals surface area contributed by atoms with Crippen LogP contribution in [0.15, 0.2) is 28.1 Å². The first kappa shape index (κ1) is 16.6. The summed E-state index contributed by atoms with van der Waals surface area (Å²) >= 11 is 5.32. The number of nitrogens with two attached hydrogens (primary N) is 1. The second-order valence-electron chi connectivity index (χ2n) is 5.69. The molecule has 0 saturated heterocycles. The van der Waals surface area contributed by atoms with E-state index < -0.39 is 0 Å². The average Bonchev–Trinajstić information content (AvgIpc) is 3.12. The van der Waals surface area contributed by atoms with Crippen LogP contribution in [0.1, 0.15) is 24.0 Å². The molecule has 3 N–H and O–H groups in total. The van der Waals surface area contributed by atoms with Gasteiger partial charge in [0.25, 0.3) is 0 Å². The number of aromatic nitrogens is 1. The zero-order valence-corrected chi connectivity index (χ0v) is 15.8. The minimum absolute atomic E-state index is 0.741. The summed E-state index contributed by atoms with van der Waals surface area (Å²) in [5.41, 5.74) is 10.7. The van der Waals surface area contributed by atoms with E-state index in [9.17, 15) is 0 Å². The summed E-state index contributed by atoms with van der Waals surface area (Å²) in [5, 5.41) is 1.26. The van der Waals surface area contributed by atoms with Crippen molar-refractivity contribution in [3.63, 3.8) is 0 Å². The lowest BCUT2D eigenvalue weighted by molar-refractivity contribution is 0.415. The Kier molecular flexibility index (Phi) is 5.09. The molecule has 0 atom stereocenters. The maximum Gasteiger partial charge on any atom is 0.119 e. The number of halogens is 1. The van der Waals surface area contributed by atoms with Crippen LogP contribution in [0.25, 0.3) is 21.5 Å². The average molecular weight is 393 g/mol. The van der Waals surface area contributed by atoms with Crippen LogP contribution in [-0.2, 0) is 6.42 Å². The van der Waals surface area contributed by atoms with E-state index in [0.717, 1.165) is 35.3 Å². The van der Waals surface area contributed by atoms with E-state index in [2.05, 4.69) is 52.1 Å². The predicted molar refractivity (Wildman–Crippen MR) is 103 cm³/mol. The molecule has 122 valence electrons. The minimum Gasteiger partial charge on any atom is -0.497 e. The maximum atomic E-state index is 5.67. The van der Waals surface area contributed by atoms with E-state index in [0.29, 0.717) is 0 Å². The number of H-pyrrole nitrogens is 1. The molecule has 0 aliphatic heterocycles. The lowest BCUT2D eigenvalue weighted by Crippen LogP contribution is -1.99. The molecule has 0 saturated carbocycles. The van der Waals surface area contributed by atoms with Gasteiger partial charge in [-0.25, -0.2) is 0 Å². The predicted octanol–water partition coefficient (Wildman–Crippen LogP) is 5.26. The van der Waals surface area contributed by atoms with Gasteiger partial charge in [0.2, 0.25) is 0 Å². The topological polar surface area (TPSA) is 51.0 Å². The maximum absolute atomic E-state index is 5.67. The molecule has 0 aliphatic carbocycles. The highest BCUT2D eigenvalue weighted by Gasteiger charge is 2.16. The first-order valence-electron chi connectivity index (χ1n) is 7.79. The lowest BCUT2D eigenvalue weighted by Gasteiger charge is -2.05. The van der Waals surface area contributed by atoms with Crippen LogP contribution in [-0.4, -0.2) is 18.6 Å². The van der Waals surface area contributed by atoms with E-state index in [1.807, 2.05) is 0 Å². The molecular weight excluding hydrogens is 372 g/mol. The van der Waals surface area contributed by atoms with Crippen molar-refractivity contribution in [3.05, 3.63) is 39.2 Å². The number of methoxy groups -OCH3 is 1. The number of nitrogens with one attached hydrogen (secondary N) is 1. The van der Waals surface area contributed by atoms with E-state index in [1.165, 1.54) is 32.6 Å². The van der Waals surface area contributed by atoms with Crippen molar-refractivity contribution in [1.82, 2.24) is 4.98 Å². The van der Waals surface area contributed by atoms with Gasteiger partial charge in [0.15, 0.2) is 0 Å². The van der Waals surface area contributed by atoms with Crippen LogP contribution >= 0.6 is 27.3 Å². The Morgan fingerprint density at radius 3 is 2.74 bits per heavy atom. The fourth-order valence-electron chi connectivity index (χ4n) is 2.98. The standard InChI is InChI=1S/C18H21BrN2OS/c1-11-9-12(22-2)10-14-13(5-3-4-8-20)18(21-17(11)14)15-6-7-16(19)23-15/h6-7,9-10,21H,3-5,8,20H2,1-2H3. The molecule has 3 rings (SSSR count). The number of benzene rings is 1. The van der Waals surface area contributed by atoms with Crippen molar-refractivity contribution in [2.45, 2.75) is 26.2 Å². The minimum atomic E-state index is 0.741. The largest absolute Gasteiger partial charge is 0.497 e. The molecule has 3 nitrogen and oxygen atoms in total. The van der Waals surface area contributed by atoms with Crippen molar-refractivity contribution in [2.24, 2.45) is 5.73 Å². The van der Waals surface area contributed by atoms with Gasteiger partial charge in [-0.05, 0) is 84.1 Å². The van der Waals surface area contributed by atoms with Crippen molar-refractivity contribution in [2.75, 3.05) is 13.7 Å². The van der Waals surface area contributed by atoms with Crippen LogP contribution in [0.4, 0.5) is 0 Å². The highest BCUT2D eigenvalue weighted by molar-refractivity contribution is 9.11. The van der Waals surface area contributed by atoms with Gasteiger partial charge in [0, 0.05) is 10.9 Å². The molecule has 2 aromatic heterocycles. The zero-order valence-electron chi connectivity index (χ0n) is 13.4. The van der Waals surface area contributed by atoms with Gasteiger partial charge in [-0.15, -0.1) is 11.3 Å². The Balaban J connectivity index is 2.17. The molecule has 0 aliphatic rings. The molecule has 0 fully saturated rings. The summed E-state index contributed by atoms with van der Waals surface area (Å²) in [6.07, 6.45) is 3.16. The smallest absolute Gasteiger partial charge is 0.119 e. The Bertz CT molecular complexity index is 822. The Morgan fingerprint density at radius 2 is 2.09 bits per heavy atom. The summed E-state index contributed by atoms with van der Waals surface area (Å²) in [6.45, 7) is 2.86. The SMILES string of the molecule is COc1cc(C)c2[nH]c(-c3ccc(Br)s3)c(CCCCN)c2c1. The number of hydrogen-bond acceptors (Lipinski definition) is 3. The number of aromatic amines is 1. The van der Waals surface area contributed by atoms with Crippen molar-refractivity contribution >= 4 is 38.2 Å². The summed E-state index contributed by atoms with van der Waals surface area (Å²) in [4.78, 5) is 4.90. The van der Waals surface area contributed by atoms with Crippen LogP contribution in [0.3, 0.4) is 0 Å². The van der Waals surface area contributed by atoms with E-state index in [1.54, 1.807) is 18.4 Å². The fraction of sp³-hybridized carbons (Fsp3) is 0.333. The van der Waals surface area contributed by atoms with Gasteiger partial charge < -0.3 is 15.5 Å². The van der Waals surface area contributed by atoms with Crippen molar-refractivity contribution < 1.29 is 4.74 Å². The van der Waals surface area contributed by atoms with E-state index in [-0.39, 0.29) is 0 Å². The van der Waals surface area contributed by atoms with Crippen molar-refractivity contribution in [3.8, 4) is 16.3 Å². The Labute approximate surface area is 149 Å². The molecule has 5 heteroatoms. The van der Waals surface area contributed by atoms with Gasteiger partial charge in [-0.2, -0.15) is 0 Å². The molecule has 3 aromatic rings. The summed E-state index contributed by atoms with van der Waals surface area (Å²) in [7, 11) is 1.72. The molecule has 0 bridgehead atoms. The summed E-state index contributed by atoms with van der Waals surface area (Å²) in [5.74, 6) is 0.910.